The Morgan fingerprint density at radius 1 is 1.00 bits per heavy atom. The van der Waals surface area contributed by atoms with E-state index >= 15 is 0 Å². The smallest absolute Gasteiger partial charge is 0.193 e. The largest absolute Gasteiger partial charge is 0.289 e. The number of halogens is 2. The third kappa shape index (κ3) is 2.28. The van der Waals surface area contributed by atoms with Crippen LogP contribution >= 0.6 is 23.2 Å². The zero-order chi connectivity index (χ0) is 14.1. The summed E-state index contributed by atoms with van der Waals surface area (Å²) in [5.41, 5.74) is 1.15. The van der Waals surface area contributed by atoms with Gasteiger partial charge in [0.05, 0.1) is 10.0 Å². The van der Waals surface area contributed by atoms with Crippen molar-refractivity contribution in [2.75, 3.05) is 0 Å². The van der Waals surface area contributed by atoms with Crippen molar-refractivity contribution in [1.82, 2.24) is 4.98 Å². The van der Waals surface area contributed by atoms with Crippen molar-refractivity contribution in [2.45, 2.75) is 0 Å². The predicted octanol–water partition coefficient (Wildman–Crippen LogP) is 4.77. The number of pyridine rings is 1. The first-order chi connectivity index (χ1) is 9.66. The molecule has 1 heterocycles. The third-order valence-electron chi connectivity index (χ3n) is 3.11. The Bertz CT molecular complexity index is 809. The number of fused-ring (bicyclic) bond motifs is 1. The van der Waals surface area contributed by atoms with Gasteiger partial charge in [0.15, 0.2) is 5.78 Å². The molecule has 0 saturated carbocycles. The van der Waals surface area contributed by atoms with Gasteiger partial charge in [-0.1, -0.05) is 41.4 Å². The lowest BCUT2D eigenvalue weighted by atomic mass is 9.98. The lowest BCUT2D eigenvalue weighted by molar-refractivity contribution is 0.104. The van der Waals surface area contributed by atoms with Crippen molar-refractivity contribution < 1.29 is 4.79 Å². The van der Waals surface area contributed by atoms with E-state index in [4.69, 9.17) is 23.2 Å². The van der Waals surface area contributed by atoms with Crippen molar-refractivity contribution >= 4 is 39.8 Å². The van der Waals surface area contributed by atoms with E-state index in [9.17, 15) is 4.79 Å². The molecule has 0 N–H and O–H groups in total. The van der Waals surface area contributed by atoms with Crippen LogP contribution in [0.1, 0.15) is 15.9 Å². The van der Waals surface area contributed by atoms with Gasteiger partial charge >= 0.3 is 0 Å². The number of benzene rings is 2. The zero-order valence-electron chi connectivity index (χ0n) is 10.3. The van der Waals surface area contributed by atoms with Crippen LogP contribution in [-0.4, -0.2) is 10.8 Å². The monoisotopic (exact) mass is 301 g/mol. The SMILES string of the molecule is O=C(c1ccc(Cl)c(Cl)c1)c1cccc2cnccc12. The summed E-state index contributed by atoms with van der Waals surface area (Å²) in [4.78, 5) is 16.7. The van der Waals surface area contributed by atoms with Gasteiger partial charge < -0.3 is 0 Å². The Hall–Kier alpha value is -1.90. The van der Waals surface area contributed by atoms with E-state index in [1.54, 1.807) is 36.7 Å². The minimum absolute atomic E-state index is 0.0830. The summed E-state index contributed by atoms with van der Waals surface area (Å²) in [5, 5.41) is 2.61. The number of carbonyl (C=O) groups is 1. The van der Waals surface area contributed by atoms with E-state index in [0.29, 0.717) is 21.2 Å². The third-order valence-corrected chi connectivity index (χ3v) is 3.85. The molecule has 98 valence electrons. The molecule has 0 spiro atoms. The molecule has 0 radical (unpaired) electrons. The molecule has 20 heavy (non-hydrogen) atoms. The quantitative estimate of drug-likeness (QED) is 0.638. The number of hydrogen-bond acceptors (Lipinski definition) is 2. The first-order valence-corrected chi connectivity index (χ1v) is 6.75. The highest BCUT2D eigenvalue weighted by Crippen LogP contribution is 2.26. The average Bonchev–Trinajstić information content (AvgIpc) is 2.49. The van der Waals surface area contributed by atoms with E-state index < -0.39 is 0 Å². The molecule has 1 aromatic heterocycles. The highest BCUT2D eigenvalue weighted by molar-refractivity contribution is 6.42. The fourth-order valence-electron chi connectivity index (χ4n) is 2.11. The highest BCUT2D eigenvalue weighted by atomic mass is 35.5. The van der Waals surface area contributed by atoms with Gasteiger partial charge in [0, 0.05) is 28.9 Å². The second-order valence-corrected chi connectivity index (χ2v) is 5.17. The summed E-state index contributed by atoms with van der Waals surface area (Å²) in [6.45, 7) is 0. The Kier molecular flexibility index (Phi) is 3.43. The molecule has 0 fully saturated rings. The molecule has 0 saturated heterocycles. The van der Waals surface area contributed by atoms with E-state index in [1.807, 2.05) is 18.2 Å². The van der Waals surface area contributed by atoms with Gasteiger partial charge in [-0.05, 0) is 29.7 Å². The molecule has 0 unspecified atom stereocenters. The van der Waals surface area contributed by atoms with E-state index in [2.05, 4.69) is 4.98 Å². The highest BCUT2D eigenvalue weighted by Gasteiger charge is 2.13. The summed E-state index contributed by atoms with van der Waals surface area (Å²) >= 11 is 11.8. The zero-order valence-corrected chi connectivity index (χ0v) is 11.8. The van der Waals surface area contributed by atoms with Gasteiger partial charge in [0.25, 0.3) is 0 Å². The molecule has 2 aromatic carbocycles. The maximum Gasteiger partial charge on any atom is 0.193 e. The first kappa shape index (κ1) is 13.1. The number of rotatable bonds is 2. The molecule has 3 aromatic rings. The number of ketones is 1. The minimum Gasteiger partial charge on any atom is -0.289 e. The van der Waals surface area contributed by atoms with Crippen molar-refractivity contribution in [3.8, 4) is 0 Å². The van der Waals surface area contributed by atoms with E-state index in [-0.39, 0.29) is 5.78 Å². The minimum atomic E-state index is -0.0830. The maximum absolute atomic E-state index is 12.6. The van der Waals surface area contributed by atoms with Crippen molar-refractivity contribution in [1.29, 1.82) is 0 Å². The predicted molar refractivity (Wildman–Crippen MR) is 81.6 cm³/mol. The van der Waals surface area contributed by atoms with Crippen LogP contribution in [-0.2, 0) is 0 Å². The molecular weight excluding hydrogens is 293 g/mol. The van der Waals surface area contributed by atoms with Crippen LogP contribution in [0.15, 0.2) is 54.9 Å². The normalized spacial score (nSPS) is 10.7. The summed E-state index contributed by atoms with van der Waals surface area (Å²) in [7, 11) is 0. The van der Waals surface area contributed by atoms with Crippen LogP contribution < -0.4 is 0 Å². The summed E-state index contributed by atoms with van der Waals surface area (Å²) in [5.74, 6) is -0.0830. The number of aromatic nitrogens is 1. The fourth-order valence-corrected chi connectivity index (χ4v) is 2.41. The van der Waals surface area contributed by atoms with E-state index in [1.165, 1.54) is 0 Å². The van der Waals surface area contributed by atoms with Crippen LogP contribution in [0.5, 0.6) is 0 Å². The summed E-state index contributed by atoms with van der Waals surface area (Å²) < 4.78 is 0. The molecule has 0 atom stereocenters. The van der Waals surface area contributed by atoms with Crippen molar-refractivity contribution in [3.63, 3.8) is 0 Å². The van der Waals surface area contributed by atoms with Gasteiger partial charge in [-0.3, -0.25) is 9.78 Å². The maximum atomic E-state index is 12.6. The van der Waals surface area contributed by atoms with Crippen molar-refractivity contribution in [2.24, 2.45) is 0 Å². The molecule has 4 heteroatoms. The molecular formula is C16H9Cl2NO. The standard InChI is InChI=1S/C16H9Cl2NO/c17-14-5-4-10(8-15(14)18)16(20)13-3-1-2-11-9-19-7-6-12(11)13/h1-9H. The van der Waals surface area contributed by atoms with Crippen LogP contribution in [0.25, 0.3) is 10.8 Å². The second kappa shape index (κ2) is 5.23. The van der Waals surface area contributed by atoms with Crippen LogP contribution in [0, 0.1) is 0 Å². The molecule has 0 aliphatic heterocycles. The van der Waals surface area contributed by atoms with Crippen LogP contribution in [0.3, 0.4) is 0 Å². The Morgan fingerprint density at radius 2 is 1.85 bits per heavy atom. The van der Waals surface area contributed by atoms with Crippen LogP contribution in [0.4, 0.5) is 0 Å². The molecule has 2 nitrogen and oxygen atoms in total. The number of hydrogen-bond donors (Lipinski definition) is 0. The molecule has 0 bridgehead atoms. The molecule has 3 rings (SSSR count). The lowest BCUT2D eigenvalue weighted by Gasteiger charge is -2.06. The number of nitrogens with zero attached hydrogens (tertiary/aromatic N) is 1. The summed E-state index contributed by atoms with van der Waals surface area (Å²) in [6, 6.07) is 12.3. The first-order valence-electron chi connectivity index (χ1n) is 5.99. The van der Waals surface area contributed by atoms with Gasteiger partial charge in [-0.25, -0.2) is 0 Å². The molecule has 0 aliphatic carbocycles. The Balaban J connectivity index is 2.15. The fraction of sp³-hybridized carbons (Fsp3) is 0. The van der Waals surface area contributed by atoms with Gasteiger partial charge in [-0.2, -0.15) is 0 Å². The molecule has 0 amide bonds. The average molecular weight is 302 g/mol. The summed E-state index contributed by atoms with van der Waals surface area (Å²) in [6.07, 6.45) is 3.41. The van der Waals surface area contributed by atoms with Gasteiger partial charge in [0.1, 0.15) is 0 Å². The topological polar surface area (TPSA) is 30.0 Å². The lowest BCUT2D eigenvalue weighted by Crippen LogP contribution is -2.02. The van der Waals surface area contributed by atoms with Crippen molar-refractivity contribution in [3.05, 3.63) is 76.0 Å². The van der Waals surface area contributed by atoms with E-state index in [0.717, 1.165) is 10.8 Å². The Morgan fingerprint density at radius 3 is 2.65 bits per heavy atom. The Labute approximate surface area is 126 Å². The van der Waals surface area contributed by atoms with Crippen LogP contribution in [0.2, 0.25) is 10.0 Å². The second-order valence-electron chi connectivity index (χ2n) is 4.36. The van der Waals surface area contributed by atoms with Gasteiger partial charge in [0.2, 0.25) is 0 Å². The van der Waals surface area contributed by atoms with Gasteiger partial charge in [-0.15, -0.1) is 0 Å². The number of carbonyl (C=O) groups excluding carboxylic acids is 1. The molecule has 0 aliphatic rings.